The number of anilines is 1. The summed E-state index contributed by atoms with van der Waals surface area (Å²) in [6, 6.07) is 13.1. The first-order valence-electron chi connectivity index (χ1n) is 11.7. The summed E-state index contributed by atoms with van der Waals surface area (Å²) in [4.78, 5) is 15.2. The van der Waals surface area contributed by atoms with E-state index in [1.54, 1.807) is 0 Å². The highest BCUT2D eigenvalue weighted by molar-refractivity contribution is 7.89. The predicted molar refractivity (Wildman–Crippen MR) is 127 cm³/mol. The molecule has 0 spiro atoms. The van der Waals surface area contributed by atoms with Gasteiger partial charge in [-0.2, -0.15) is 4.31 Å². The van der Waals surface area contributed by atoms with Crippen LogP contribution in [0.5, 0.6) is 0 Å². The first-order chi connectivity index (χ1) is 15.8. The lowest BCUT2D eigenvalue weighted by Gasteiger charge is -2.33. The number of hydrogen-bond donors (Lipinski definition) is 1. The molecule has 178 valence electrons. The van der Waals surface area contributed by atoms with E-state index in [0.29, 0.717) is 31.8 Å². The molecule has 4 rings (SSSR count). The van der Waals surface area contributed by atoms with Crippen LogP contribution in [0.4, 0.5) is 10.1 Å². The second kappa shape index (κ2) is 10.2. The van der Waals surface area contributed by atoms with Gasteiger partial charge in [0.2, 0.25) is 15.9 Å². The van der Waals surface area contributed by atoms with Gasteiger partial charge in [-0.05, 0) is 73.6 Å². The first kappa shape index (κ1) is 23.7. The molecule has 8 heteroatoms. The number of sulfonamides is 1. The van der Waals surface area contributed by atoms with Crippen LogP contribution in [0, 0.1) is 17.7 Å². The summed E-state index contributed by atoms with van der Waals surface area (Å²) in [5.74, 6) is -0.311. The summed E-state index contributed by atoms with van der Waals surface area (Å²) < 4.78 is 40.3. The number of carbonyl (C=O) groups is 1. The van der Waals surface area contributed by atoms with E-state index >= 15 is 0 Å². The molecular formula is C25H32FN3O3S. The molecule has 2 aliphatic heterocycles. The fourth-order valence-corrected chi connectivity index (χ4v) is 6.24. The average molecular weight is 474 g/mol. The maximum absolute atomic E-state index is 13.2. The second-order valence-electron chi connectivity index (χ2n) is 9.23. The Morgan fingerprint density at radius 2 is 1.70 bits per heavy atom. The smallest absolute Gasteiger partial charge is 0.243 e. The molecule has 2 aliphatic rings. The Bertz CT molecular complexity index is 1060. The number of piperidine rings is 2. The van der Waals surface area contributed by atoms with Crippen molar-refractivity contribution in [2.24, 2.45) is 11.8 Å². The van der Waals surface area contributed by atoms with Gasteiger partial charge in [-0.1, -0.05) is 19.1 Å². The van der Waals surface area contributed by atoms with Crippen LogP contribution in [0.15, 0.2) is 53.4 Å². The van der Waals surface area contributed by atoms with Gasteiger partial charge in [0.05, 0.1) is 10.8 Å². The monoisotopic (exact) mass is 473 g/mol. The van der Waals surface area contributed by atoms with E-state index in [9.17, 15) is 17.6 Å². The van der Waals surface area contributed by atoms with Crippen molar-refractivity contribution in [3.63, 3.8) is 0 Å². The standard InChI is InChI=1S/C25H32FN3O3S/c1-19-4-2-14-28(17-19)23-10-6-20(7-11-23)16-27-25(30)21-5-3-15-29(18-21)33(31,32)24-12-8-22(26)9-13-24/h6-13,19,21H,2-5,14-18H2,1H3,(H,27,30)/t19-,21+/m1/s1. The summed E-state index contributed by atoms with van der Waals surface area (Å²) in [5.41, 5.74) is 2.23. The van der Waals surface area contributed by atoms with Crippen LogP contribution in [-0.4, -0.2) is 44.8 Å². The summed E-state index contributed by atoms with van der Waals surface area (Å²) >= 11 is 0. The Labute approximate surface area is 195 Å². The molecule has 0 unspecified atom stereocenters. The lowest BCUT2D eigenvalue weighted by molar-refractivity contribution is -0.126. The molecule has 6 nitrogen and oxygen atoms in total. The molecular weight excluding hydrogens is 441 g/mol. The summed E-state index contributed by atoms with van der Waals surface area (Å²) in [6.07, 6.45) is 3.76. The zero-order valence-electron chi connectivity index (χ0n) is 19.0. The van der Waals surface area contributed by atoms with Gasteiger partial charge in [0.15, 0.2) is 0 Å². The van der Waals surface area contributed by atoms with E-state index in [2.05, 4.69) is 29.3 Å². The first-order valence-corrected chi connectivity index (χ1v) is 13.1. The van der Waals surface area contributed by atoms with Gasteiger partial charge >= 0.3 is 0 Å². The van der Waals surface area contributed by atoms with E-state index in [4.69, 9.17) is 0 Å². The lowest BCUT2D eigenvalue weighted by Crippen LogP contribution is -2.45. The molecule has 2 aromatic carbocycles. The number of hydrogen-bond acceptors (Lipinski definition) is 4. The third-order valence-corrected chi connectivity index (χ3v) is 8.51. The Morgan fingerprint density at radius 1 is 1.00 bits per heavy atom. The van der Waals surface area contributed by atoms with Crippen molar-refractivity contribution in [2.45, 2.75) is 44.0 Å². The van der Waals surface area contributed by atoms with E-state index in [0.717, 1.165) is 30.8 Å². The van der Waals surface area contributed by atoms with Crippen molar-refractivity contribution in [3.05, 3.63) is 59.9 Å². The van der Waals surface area contributed by atoms with Crippen molar-refractivity contribution >= 4 is 21.6 Å². The largest absolute Gasteiger partial charge is 0.371 e. The van der Waals surface area contributed by atoms with Crippen molar-refractivity contribution in [3.8, 4) is 0 Å². The molecule has 0 aliphatic carbocycles. The maximum Gasteiger partial charge on any atom is 0.243 e. The third kappa shape index (κ3) is 5.73. The van der Waals surface area contributed by atoms with E-state index in [-0.39, 0.29) is 17.3 Å². The number of halogens is 1. The number of rotatable bonds is 6. The predicted octanol–water partition coefficient (Wildman–Crippen LogP) is 3.78. The van der Waals surface area contributed by atoms with Crippen LogP contribution in [0.25, 0.3) is 0 Å². The molecule has 0 radical (unpaired) electrons. The van der Waals surface area contributed by atoms with E-state index in [1.165, 1.54) is 35.0 Å². The van der Waals surface area contributed by atoms with Crippen LogP contribution < -0.4 is 10.2 Å². The molecule has 2 heterocycles. The molecule has 33 heavy (non-hydrogen) atoms. The Hall–Kier alpha value is -2.45. The van der Waals surface area contributed by atoms with Crippen LogP contribution in [0.2, 0.25) is 0 Å². The average Bonchev–Trinajstić information content (AvgIpc) is 2.83. The molecule has 0 saturated carbocycles. The van der Waals surface area contributed by atoms with Gasteiger partial charge in [-0.3, -0.25) is 4.79 Å². The topological polar surface area (TPSA) is 69.7 Å². The minimum atomic E-state index is -3.75. The highest BCUT2D eigenvalue weighted by Gasteiger charge is 2.33. The quantitative estimate of drug-likeness (QED) is 0.693. The van der Waals surface area contributed by atoms with Gasteiger partial charge < -0.3 is 10.2 Å². The molecule has 2 aromatic rings. The Balaban J connectivity index is 1.32. The molecule has 2 saturated heterocycles. The number of carbonyl (C=O) groups excluding carboxylic acids is 1. The van der Waals surface area contributed by atoms with Crippen molar-refractivity contribution < 1.29 is 17.6 Å². The van der Waals surface area contributed by atoms with Gasteiger partial charge in [-0.25, -0.2) is 12.8 Å². The van der Waals surface area contributed by atoms with Gasteiger partial charge in [0.25, 0.3) is 0 Å². The normalized spacial score (nSPS) is 22.2. The fourth-order valence-electron chi connectivity index (χ4n) is 4.71. The third-order valence-electron chi connectivity index (χ3n) is 6.63. The zero-order chi connectivity index (χ0) is 23.4. The number of benzene rings is 2. The van der Waals surface area contributed by atoms with Crippen molar-refractivity contribution in [1.82, 2.24) is 9.62 Å². The van der Waals surface area contributed by atoms with Crippen LogP contribution >= 0.6 is 0 Å². The number of nitrogens with one attached hydrogen (secondary N) is 1. The maximum atomic E-state index is 13.2. The van der Waals surface area contributed by atoms with Crippen LogP contribution in [0.3, 0.4) is 0 Å². The molecule has 2 fully saturated rings. The molecule has 2 atom stereocenters. The Morgan fingerprint density at radius 3 is 2.39 bits per heavy atom. The Kier molecular flexibility index (Phi) is 7.34. The summed E-state index contributed by atoms with van der Waals surface area (Å²) in [5, 5.41) is 2.97. The van der Waals surface area contributed by atoms with E-state index in [1.807, 2.05) is 12.1 Å². The summed E-state index contributed by atoms with van der Waals surface area (Å²) in [7, 11) is -3.75. The zero-order valence-corrected chi connectivity index (χ0v) is 19.9. The minimum absolute atomic E-state index is 0.0492. The molecule has 0 aromatic heterocycles. The van der Waals surface area contributed by atoms with Crippen LogP contribution in [0.1, 0.15) is 38.2 Å². The highest BCUT2D eigenvalue weighted by Crippen LogP contribution is 2.25. The highest BCUT2D eigenvalue weighted by atomic mass is 32.2. The van der Waals surface area contributed by atoms with Gasteiger partial charge in [0, 0.05) is 38.4 Å². The molecule has 1 N–H and O–H groups in total. The van der Waals surface area contributed by atoms with Gasteiger partial charge in [-0.15, -0.1) is 0 Å². The fraction of sp³-hybridized carbons (Fsp3) is 0.480. The summed E-state index contributed by atoms with van der Waals surface area (Å²) in [6.45, 7) is 5.36. The van der Waals surface area contributed by atoms with E-state index < -0.39 is 21.8 Å². The minimum Gasteiger partial charge on any atom is -0.371 e. The van der Waals surface area contributed by atoms with Crippen molar-refractivity contribution in [1.29, 1.82) is 0 Å². The van der Waals surface area contributed by atoms with Crippen LogP contribution in [-0.2, 0) is 21.4 Å². The molecule has 0 bridgehead atoms. The van der Waals surface area contributed by atoms with Gasteiger partial charge in [0.1, 0.15) is 5.82 Å². The van der Waals surface area contributed by atoms with Crippen molar-refractivity contribution in [2.75, 3.05) is 31.1 Å². The number of nitrogens with zero attached hydrogens (tertiary/aromatic N) is 2. The number of amides is 1. The SMILES string of the molecule is C[C@@H]1CCCN(c2ccc(CNC(=O)[C@H]3CCCN(S(=O)(=O)c4ccc(F)cc4)C3)cc2)C1. The lowest BCUT2D eigenvalue weighted by atomic mass is 9.98. The molecule has 1 amide bonds. The second-order valence-corrected chi connectivity index (χ2v) is 11.2.